The second-order valence-corrected chi connectivity index (χ2v) is 6.81. The number of hydrogen-bond donors (Lipinski definition) is 1. The van der Waals surface area contributed by atoms with E-state index in [1.165, 1.54) is 0 Å². The molecule has 2 aromatic heterocycles. The second-order valence-electron chi connectivity index (χ2n) is 5.93. The average Bonchev–Trinajstić information content (AvgIpc) is 3.13. The molecule has 1 aromatic carbocycles. The van der Waals surface area contributed by atoms with E-state index in [4.69, 9.17) is 0 Å². The highest BCUT2D eigenvalue weighted by Crippen LogP contribution is 2.33. The van der Waals surface area contributed by atoms with Crippen LogP contribution in [0.1, 0.15) is 33.3 Å². The maximum absolute atomic E-state index is 9.22. The number of rotatable bonds is 8. The van der Waals surface area contributed by atoms with Gasteiger partial charge in [-0.05, 0) is 29.7 Å². The van der Waals surface area contributed by atoms with Crippen LogP contribution >= 0.6 is 11.3 Å². The summed E-state index contributed by atoms with van der Waals surface area (Å²) in [6.07, 6.45) is 5.02. The highest BCUT2D eigenvalue weighted by atomic mass is 32.1. The van der Waals surface area contributed by atoms with Crippen LogP contribution in [-0.4, -0.2) is 20.1 Å². The fourth-order valence-electron chi connectivity index (χ4n) is 2.73. The lowest BCUT2D eigenvalue weighted by molar-refractivity contribution is 0.281. The molecule has 0 bridgehead atoms. The lowest BCUT2D eigenvalue weighted by Crippen LogP contribution is -2.19. The minimum atomic E-state index is -0.137. The summed E-state index contributed by atoms with van der Waals surface area (Å²) in [5, 5.41) is 19.7. The SMILES string of the molecule is C=CN(N=NCc1cncc(CO)c1)C(c1ccccc1)c1scnc1C. The van der Waals surface area contributed by atoms with Gasteiger partial charge < -0.3 is 5.11 Å². The number of aryl methyl sites for hydroxylation is 1. The van der Waals surface area contributed by atoms with Crippen LogP contribution in [-0.2, 0) is 13.2 Å². The van der Waals surface area contributed by atoms with Gasteiger partial charge in [0.2, 0.25) is 0 Å². The molecule has 0 spiro atoms. The van der Waals surface area contributed by atoms with Crippen molar-refractivity contribution in [2.75, 3.05) is 0 Å². The van der Waals surface area contributed by atoms with Gasteiger partial charge in [-0.3, -0.25) is 4.98 Å². The van der Waals surface area contributed by atoms with Gasteiger partial charge in [-0.2, -0.15) is 5.11 Å². The van der Waals surface area contributed by atoms with Crippen LogP contribution in [0.2, 0.25) is 0 Å². The molecule has 2 heterocycles. The number of pyridine rings is 1. The summed E-state index contributed by atoms with van der Waals surface area (Å²) in [6, 6.07) is 11.8. The lowest BCUT2D eigenvalue weighted by atomic mass is 10.0. The Bertz CT molecular complexity index is 910. The Labute approximate surface area is 162 Å². The molecule has 138 valence electrons. The van der Waals surface area contributed by atoms with Gasteiger partial charge in [-0.15, -0.1) is 11.3 Å². The van der Waals surface area contributed by atoms with Gasteiger partial charge in [0.05, 0.1) is 29.2 Å². The van der Waals surface area contributed by atoms with E-state index in [0.717, 1.165) is 27.3 Å². The van der Waals surface area contributed by atoms with Crippen molar-refractivity contribution in [1.29, 1.82) is 0 Å². The van der Waals surface area contributed by atoms with Gasteiger partial charge >= 0.3 is 0 Å². The molecule has 1 N–H and O–H groups in total. The lowest BCUT2D eigenvalue weighted by Gasteiger charge is -2.25. The number of aliphatic hydroxyl groups excluding tert-OH is 1. The van der Waals surface area contributed by atoms with Crippen molar-refractivity contribution in [3.05, 3.63) is 94.3 Å². The van der Waals surface area contributed by atoms with Crippen molar-refractivity contribution in [3.63, 3.8) is 0 Å². The standard InChI is InChI=1S/C20H21N5OS/c1-3-25(24-23-12-16-9-17(13-26)11-21-10-16)19(18-7-5-4-6-8-18)20-15(2)22-14-27-20/h3-11,14,19,26H,1,12-13H2,2H3. The Kier molecular flexibility index (Phi) is 6.40. The molecule has 0 aliphatic heterocycles. The molecule has 7 heteroatoms. The number of benzene rings is 1. The van der Waals surface area contributed by atoms with Gasteiger partial charge in [-0.25, -0.2) is 9.99 Å². The van der Waals surface area contributed by atoms with Gasteiger partial charge in [-0.1, -0.05) is 42.1 Å². The minimum Gasteiger partial charge on any atom is -0.392 e. The number of aliphatic hydroxyl groups is 1. The molecule has 0 amide bonds. The fourth-order valence-corrected chi connectivity index (χ4v) is 3.65. The zero-order valence-corrected chi connectivity index (χ0v) is 15.9. The van der Waals surface area contributed by atoms with E-state index in [-0.39, 0.29) is 12.6 Å². The quantitative estimate of drug-likeness (QED) is 0.464. The van der Waals surface area contributed by atoms with E-state index in [1.807, 2.05) is 36.7 Å². The Morgan fingerprint density at radius 1 is 1.26 bits per heavy atom. The summed E-state index contributed by atoms with van der Waals surface area (Å²) >= 11 is 1.59. The normalized spacial score (nSPS) is 12.2. The Morgan fingerprint density at radius 3 is 2.70 bits per heavy atom. The zero-order chi connectivity index (χ0) is 19.1. The van der Waals surface area contributed by atoms with E-state index in [1.54, 1.807) is 34.9 Å². The van der Waals surface area contributed by atoms with Gasteiger partial charge in [0.1, 0.15) is 6.04 Å². The molecule has 0 saturated heterocycles. The number of thiazole rings is 1. The third-order valence-corrected chi connectivity index (χ3v) is 5.04. The summed E-state index contributed by atoms with van der Waals surface area (Å²) in [5.74, 6) is 0. The summed E-state index contributed by atoms with van der Waals surface area (Å²) in [6.45, 7) is 6.23. The first-order valence-corrected chi connectivity index (χ1v) is 9.37. The van der Waals surface area contributed by atoms with Gasteiger partial charge in [0.15, 0.2) is 0 Å². The van der Waals surface area contributed by atoms with Crippen molar-refractivity contribution in [2.24, 2.45) is 10.3 Å². The van der Waals surface area contributed by atoms with Crippen LogP contribution in [0, 0.1) is 6.92 Å². The number of aromatic nitrogens is 2. The molecule has 0 radical (unpaired) electrons. The summed E-state index contributed by atoms with van der Waals surface area (Å²) in [5.41, 5.74) is 5.54. The summed E-state index contributed by atoms with van der Waals surface area (Å²) in [7, 11) is 0. The topological polar surface area (TPSA) is 74.0 Å². The van der Waals surface area contributed by atoms with Crippen LogP contribution in [0.3, 0.4) is 0 Å². The van der Waals surface area contributed by atoms with E-state index < -0.39 is 0 Å². The first-order valence-electron chi connectivity index (χ1n) is 8.49. The fraction of sp³-hybridized carbons (Fsp3) is 0.200. The zero-order valence-electron chi connectivity index (χ0n) is 15.1. The second kappa shape index (κ2) is 9.16. The predicted molar refractivity (Wildman–Crippen MR) is 106 cm³/mol. The maximum Gasteiger partial charge on any atom is 0.115 e. The highest BCUT2D eigenvalue weighted by Gasteiger charge is 2.23. The molecule has 27 heavy (non-hydrogen) atoms. The monoisotopic (exact) mass is 379 g/mol. The maximum atomic E-state index is 9.22. The smallest absolute Gasteiger partial charge is 0.115 e. The molecule has 0 saturated carbocycles. The molecule has 6 nitrogen and oxygen atoms in total. The molecule has 0 aliphatic rings. The van der Waals surface area contributed by atoms with Crippen molar-refractivity contribution >= 4 is 11.3 Å². The first-order chi connectivity index (χ1) is 13.2. The van der Waals surface area contributed by atoms with Crippen LogP contribution in [0.4, 0.5) is 0 Å². The summed E-state index contributed by atoms with van der Waals surface area (Å²) < 4.78 is 0. The average molecular weight is 379 g/mol. The van der Waals surface area contributed by atoms with Crippen LogP contribution < -0.4 is 0 Å². The molecular weight excluding hydrogens is 358 g/mol. The molecule has 3 aromatic rings. The Balaban J connectivity index is 1.85. The van der Waals surface area contributed by atoms with Crippen molar-refractivity contribution in [1.82, 2.24) is 15.0 Å². The Morgan fingerprint density at radius 2 is 2.04 bits per heavy atom. The number of hydrogen-bond acceptors (Lipinski definition) is 6. The minimum absolute atomic E-state index is 0.0441. The molecular formula is C20H21N5OS. The van der Waals surface area contributed by atoms with E-state index in [0.29, 0.717) is 6.54 Å². The number of nitrogens with zero attached hydrogens (tertiary/aromatic N) is 5. The van der Waals surface area contributed by atoms with Gasteiger partial charge in [0.25, 0.3) is 0 Å². The van der Waals surface area contributed by atoms with E-state index >= 15 is 0 Å². The molecule has 3 rings (SSSR count). The largest absolute Gasteiger partial charge is 0.392 e. The summed E-state index contributed by atoms with van der Waals surface area (Å²) in [4.78, 5) is 9.59. The molecule has 1 unspecified atom stereocenters. The molecule has 0 aliphatic carbocycles. The Hall–Kier alpha value is -2.90. The van der Waals surface area contributed by atoms with Crippen LogP contribution in [0.15, 0.2) is 77.4 Å². The van der Waals surface area contributed by atoms with Crippen molar-refractivity contribution in [3.8, 4) is 0 Å². The van der Waals surface area contributed by atoms with Crippen LogP contribution in [0.5, 0.6) is 0 Å². The van der Waals surface area contributed by atoms with Crippen LogP contribution in [0.25, 0.3) is 0 Å². The third kappa shape index (κ3) is 4.64. The molecule has 1 atom stereocenters. The van der Waals surface area contributed by atoms with E-state index in [9.17, 15) is 5.11 Å². The first kappa shape index (κ1) is 18.9. The van der Waals surface area contributed by atoms with Crippen molar-refractivity contribution < 1.29 is 5.11 Å². The predicted octanol–water partition coefficient (Wildman–Crippen LogP) is 4.44. The van der Waals surface area contributed by atoms with E-state index in [2.05, 4.69) is 39.0 Å². The third-order valence-electron chi connectivity index (χ3n) is 4.05. The van der Waals surface area contributed by atoms with Crippen molar-refractivity contribution in [2.45, 2.75) is 26.1 Å². The highest BCUT2D eigenvalue weighted by molar-refractivity contribution is 7.09. The molecule has 0 fully saturated rings. The van der Waals surface area contributed by atoms with Gasteiger partial charge in [0, 0.05) is 18.6 Å².